The molecule has 0 aliphatic carbocycles. The summed E-state index contributed by atoms with van der Waals surface area (Å²) in [5.74, 6) is -3.71. The molecular formula is C15H7F5N2O2. The van der Waals surface area contributed by atoms with Crippen LogP contribution >= 0.6 is 0 Å². The van der Waals surface area contributed by atoms with Gasteiger partial charge in [-0.05, 0) is 24.3 Å². The summed E-state index contributed by atoms with van der Waals surface area (Å²) in [6, 6.07) is 6.64. The van der Waals surface area contributed by atoms with Gasteiger partial charge in [-0.2, -0.15) is 17.9 Å². The van der Waals surface area contributed by atoms with Gasteiger partial charge in [0.1, 0.15) is 11.6 Å². The maximum atomic E-state index is 13.7. The zero-order valence-corrected chi connectivity index (χ0v) is 11.6. The number of alkyl halides is 3. The van der Waals surface area contributed by atoms with Gasteiger partial charge in [-0.25, -0.2) is 13.6 Å². The van der Waals surface area contributed by atoms with E-state index < -0.39 is 40.7 Å². The lowest BCUT2D eigenvalue weighted by atomic mass is 10.2. The van der Waals surface area contributed by atoms with Crippen molar-refractivity contribution in [3.8, 4) is 17.1 Å². The van der Waals surface area contributed by atoms with E-state index in [0.717, 1.165) is 30.3 Å². The summed E-state index contributed by atoms with van der Waals surface area (Å²) in [7, 11) is 0. The molecule has 2 aromatic carbocycles. The van der Waals surface area contributed by atoms with E-state index >= 15 is 0 Å². The van der Waals surface area contributed by atoms with E-state index in [0.29, 0.717) is 10.7 Å². The van der Waals surface area contributed by atoms with E-state index in [1.54, 1.807) is 0 Å². The Morgan fingerprint density at radius 3 is 2.42 bits per heavy atom. The fraction of sp³-hybridized carbons (Fsp3) is 0.0667. The van der Waals surface area contributed by atoms with E-state index in [2.05, 4.69) is 5.10 Å². The summed E-state index contributed by atoms with van der Waals surface area (Å²) in [6.45, 7) is 0. The van der Waals surface area contributed by atoms with Crippen LogP contribution in [0.4, 0.5) is 22.0 Å². The molecule has 24 heavy (non-hydrogen) atoms. The van der Waals surface area contributed by atoms with Crippen LogP contribution in [-0.4, -0.2) is 9.78 Å². The third kappa shape index (κ3) is 2.80. The van der Waals surface area contributed by atoms with Crippen LogP contribution in [0, 0.1) is 11.6 Å². The van der Waals surface area contributed by atoms with E-state index in [1.807, 2.05) is 0 Å². The minimum Gasteiger partial charge on any atom is -0.387 e. The maximum Gasteiger partial charge on any atom is 0.442 e. The van der Waals surface area contributed by atoms with Crippen LogP contribution in [0.2, 0.25) is 0 Å². The Labute approximate surface area is 130 Å². The zero-order chi connectivity index (χ0) is 17.5. The lowest BCUT2D eigenvalue weighted by Crippen LogP contribution is -2.18. The molecular weight excluding hydrogens is 335 g/mol. The Morgan fingerprint density at radius 1 is 1.04 bits per heavy atom. The molecule has 0 aliphatic rings. The summed E-state index contributed by atoms with van der Waals surface area (Å²) in [5, 5.41) is 3.59. The predicted molar refractivity (Wildman–Crippen MR) is 72.5 cm³/mol. The van der Waals surface area contributed by atoms with Gasteiger partial charge in [-0.15, -0.1) is 5.10 Å². The third-order valence-corrected chi connectivity index (χ3v) is 3.15. The van der Waals surface area contributed by atoms with Crippen LogP contribution in [0.3, 0.4) is 0 Å². The molecule has 9 heteroatoms. The number of halogens is 5. The van der Waals surface area contributed by atoms with Gasteiger partial charge in [0.2, 0.25) is 0 Å². The highest BCUT2D eigenvalue weighted by Crippen LogP contribution is 2.33. The van der Waals surface area contributed by atoms with Gasteiger partial charge in [0.15, 0.2) is 0 Å². The molecule has 0 saturated carbocycles. The van der Waals surface area contributed by atoms with Gasteiger partial charge in [-0.3, -0.25) is 0 Å². The minimum atomic E-state index is -4.73. The fourth-order valence-electron chi connectivity index (χ4n) is 2.10. The standard InChI is InChI=1S/C15H7F5N2O2/c16-8-5-6-9(11(17)7-8)13-21-22(14(23)24-13)12-4-2-1-3-10(12)15(18,19)20/h1-7H. The fourth-order valence-corrected chi connectivity index (χ4v) is 2.10. The number of rotatable bonds is 2. The summed E-state index contributed by atoms with van der Waals surface area (Å²) in [5.41, 5.74) is -2.02. The molecule has 0 saturated heterocycles. The number of hydrogen-bond donors (Lipinski definition) is 0. The quantitative estimate of drug-likeness (QED) is 0.666. The number of para-hydroxylation sites is 1. The van der Waals surface area contributed by atoms with Crippen LogP contribution in [0.25, 0.3) is 17.1 Å². The summed E-state index contributed by atoms with van der Waals surface area (Å²) in [6.07, 6.45) is -4.73. The molecule has 0 radical (unpaired) electrons. The number of hydrogen-bond acceptors (Lipinski definition) is 3. The topological polar surface area (TPSA) is 48.0 Å². The highest BCUT2D eigenvalue weighted by atomic mass is 19.4. The Kier molecular flexibility index (Phi) is 3.70. The van der Waals surface area contributed by atoms with Crippen molar-refractivity contribution >= 4 is 0 Å². The van der Waals surface area contributed by atoms with Crippen molar-refractivity contribution in [3.63, 3.8) is 0 Å². The molecule has 0 unspecified atom stereocenters. The minimum absolute atomic E-state index is 0.350. The number of aromatic nitrogens is 2. The van der Waals surface area contributed by atoms with Gasteiger partial charge in [0, 0.05) is 6.07 Å². The molecule has 4 nitrogen and oxygen atoms in total. The zero-order valence-electron chi connectivity index (χ0n) is 11.6. The average molecular weight is 342 g/mol. The van der Waals surface area contributed by atoms with E-state index in [1.165, 1.54) is 6.07 Å². The largest absolute Gasteiger partial charge is 0.442 e. The van der Waals surface area contributed by atoms with Crippen LogP contribution in [0.5, 0.6) is 0 Å². The molecule has 0 atom stereocenters. The van der Waals surface area contributed by atoms with Crippen molar-refractivity contribution in [2.75, 3.05) is 0 Å². The van der Waals surface area contributed by atoms with Crippen molar-refractivity contribution in [2.24, 2.45) is 0 Å². The SMILES string of the molecule is O=c1oc(-c2ccc(F)cc2F)nn1-c1ccccc1C(F)(F)F. The Hall–Kier alpha value is -2.97. The molecule has 0 aliphatic heterocycles. The van der Waals surface area contributed by atoms with Crippen molar-refractivity contribution < 1.29 is 26.4 Å². The molecule has 1 aromatic heterocycles. The van der Waals surface area contributed by atoms with Crippen molar-refractivity contribution in [2.45, 2.75) is 6.18 Å². The molecule has 124 valence electrons. The van der Waals surface area contributed by atoms with E-state index in [9.17, 15) is 26.7 Å². The summed E-state index contributed by atoms with van der Waals surface area (Å²) < 4.78 is 70.8. The average Bonchev–Trinajstić information content (AvgIpc) is 2.88. The van der Waals surface area contributed by atoms with Crippen LogP contribution in [-0.2, 0) is 6.18 Å². The van der Waals surface area contributed by atoms with E-state index in [-0.39, 0.29) is 5.56 Å². The van der Waals surface area contributed by atoms with E-state index in [4.69, 9.17) is 4.42 Å². The van der Waals surface area contributed by atoms with Crippen LogP contribution < -0.4 is 5.76 Å². The third-order valence-electron chi connectivity index (χ3n) is 3.15. The van der Waals surface area contributed by atoms with Gasteiger partial charge in [0.05, 0.1) is 16.8 Å². The second kappa shape index (κ2) is 5.59. The normalized spacial score (nSPS) is 11.7. The lowest BCUT2D eigenvalue weighted by Gasteiger charge is -2.10. The lowest BCUT2D eigenvalue weighted by molar-refractivity contribution is -0.137. The Morgan fingerprint density at radius 2 is 1.75 bits per heavy atom. The first-order valence-electron chi connectivity index (χ1n) is 6.49. The molecule has 0 amide bonds. The van der Waals surface area contributed by atoms with Crippen LogP contribution in [0.1, 0.15) is 5.56 Å². The smallest absolute Gasteiger partial charge is 0.387 e. The predicted octanol–water partition coefficient (Wildman–Crippen LogP) is 3.79. The second-order valence-corrected chi connectivity index (χ2v) is 4.72. The molecule has 0 bridgehead atoms. The Bertz CT molecular complexity index is 959. The molecule has 0 spiro atoms. The molecule has 3 aromatic rings. The highest BCUT2D eigenvalue weighted by molar-refractivity contribution is 5.54. The highest BCUT2D eigenvalue weighted by Gasteiger charge is 2.34. The first-order valence-corrected chi connectivity index (χ1v) is 6.49. The molecule has 0 fully saturated rings. The number of nitrogens with zero attached hydrogens (tertiary/aromatic N) is 2. The van der Waals surface area contributed by atoms with Crippen LogP contribution in [0.15, 0.2) is 51.7 Å². The van der Waals surface area contributed by atoms with Gasteiger partial charge >= 0.3 is 11.9 Å². The monoisotopic (exact) mass is 342 g/mol. The first-order chi connectivity index (χ1) is 11.3. The summed E-state index contributed by atoms with van der Waals surface area (Å²) >= 11 is 0. The van der Waals surface area contributed by atoms with Gasteiger partial charge < -0.3 is 4.42 Å². The maximum absolute atomic E-state index is 13.7. The van der Waals surface area contributed by atoms with Gasteiger partial charge in [0.25, 0.3) is 5.89 Å². The first kappa shape index (κ1) is 15.9. The second-order valence-electron chi connectivity index (χ2n) is 4.72. The number of benzene rings is 2. The Balaban J connectivity index is 2.17. The van der Waals surface area contributed by atoms with Crippen molar-refractivity contribution in [1.29, 1.82) is 0 Å². The van der Waals surface area contributed by atoms with Crippen molar-refractivity contribution in [1.82, 2.24) is 9.78 Å². The molecule has 0 N–H and O–H groups in total. The molecule has 3 rings (SSSR count). The van der Waals surface area contributed by atoms with Crippen molar-refractivity contribution in [3.05, 3.63) is 70.2 Å². The summed E-state index contributed by atoms with van der Waals surface area (Å²) in [4.78, 5) is 11.8. The molecule has 1 heterocycles. The van der Waals surface area contributed by atoms with Gasteiger partial charge in [-0.1, -0.05) is 12.1 Å².